The van der Waals surface area contributed by atoms with Gasteiger partial charge in [0, 0.05) is 12.3 Å². The van der Waals surface area contributed by atoms with Crippen LogP contribution >= 0.6 is 11.6 Å². The van der Waals surface area contributed by atoms with Crippen molar-refractivity contribution in [2.75, 3.05) is 7.11 Å². The zero-order chi connectivity index (χ0) is 16.8. The van der Waals surface area contributed by atoms with Gasteiger partial charge in [0.15, 0.2) is 5.52 Å². The number of hydrogen-bond acceptors (Lipinski definition) is 5. The molecule has 120 valence electrons. The molecule has 10 heteroatoms. The summed E-state index contributed by atoms with van der Waals surface area (Å²) in [6, 6.07) is 4.21. The molecule has 0 aliphatic rings. The third-order valence-electron chi connectivity index (χ3n) is 3.23. The first-order valence-electron chi connectivity index (χ1n) is 6.29. The summed E-state index contributed by atoms with van der Waals surface area (Å²) in [5, 5.41) is 5.09. The Morgan fingerprint density at radius 3 is 2.70 bits per heavy atom. The monoisotopic (exact) mass is 354 g/mol. The fourth-order valence-corrected chi connectivity index (χ4v) is 3.27. The Balaban J connectivity index is 2.32. The van der Waals surface area contributed by atoms with Crippen molar-refractivity contribution in [1.29, 1.82) is 0 Å². The molecule has 0 atom stereocenters. The number of fused-ring (bicyclic) bond motifs is 1. The van der Waals surface area contributed by atoms with Gasteiger partial charge in [-0.3, -0.25) is 4.79 Å². The molecule has 0 fully saturated rings. The van der Waals surface area contributed by atoms with Crippen LogP contribution in [0.2, 0.25) is 5.02 Å². The van der Waals surface area contributed by atoms with E-state index in [-0.39, 0.29) is 32.6 Å². The number of sulfonamides is 1. The molecule has 4 N–H and O–H groups in total. The fraction of sp³-hybridized carbons (Fsp3) is 0.0769. The largest absolute Gasteiger partial charge is 0.496 e. The molecule has 8 nitrogen and oxygen atoms in total. The molecule has 2 aromatic heterocycles. The van der Waals surface area contributed by atoms with Gasteiger partial charge >= 0.3 is 0 Å². The van der Waals surface area contributed by atoms with E-state index in [1.165, 1.54) is 25.4 Å². The molecule has 0 bridgehead atoms. The second-order valence-electron chi connectivity index (χ2n) is 4.68. The summed E-state index contributed by atoms with van der Waals surface area (Å²) in [5.41, 5.74) is 0.635. The van der Waals surface area contributed by atoms with Crippen LogP contribution in [0.25, 0.3) is 22.4 Å². The zero-order valence-electron chi connectivity index (χ0n) is 11.8. The molecule has 3 rings (SSSR count). The van der Waals surface area contributed by atoms with E-state index in [2.05, 4.69) is 15.0 Å². The van der Waals surface area contributed by atoms with Crippen molar-refractivity contribution in [3.8, 4) is 17.1 Å². The van der Waals surface area contributed by atoms with Gasteiger partial charge in [-0.15, -0.1) is 0 Å². The molecule has 23 heavy (non-hydrogen) atoms. The summed E-state index contributed by atoms with van der Waals surface area (Å²) in [6.07, 6.45) is 1.47. The fourth-order valence-electron chi connectivity index (χ4n) is 2.18. The Morgan fingerprint density at radius 1 is 1.35 bits per heavy atom. The first-order valence-corrected chi connectivity index (χ1v) is 8.22. The predicted molar refractivity (Wildman–Crippen MR) is 85.1 cm³/mol. The van der Waals surface area contributed by atoms with Gasteiger partial charge in [-0.1, -0.05) is 11.6 Å². The molecule has 1 aromatic carbocycles. The van der Waals surface area contributed by atoms with Crippen LogP contribution in [0.1, 0.15) is 0 Å². The van der Waals surface area contributed by atoms with Crippen molar-refractivity contribution in [3.63, 3.8) is 0 Å². The molecule has 0 spiro atoms. The highest BCUT2D eigenvalue weighted by Crippen LogP contribution is 2.35. The SMILES string of the molecule is COc1cc(Cl)c(S(N)(=O)=O)cc1-c1nc2c(=O)[nH]ccc2[nH]1. The Kier molecular flexibility index (Phi) is 3.63. The molecule has 0 amide bonds. The van der Waals surface area contributed by atoms with Crippen LogP contribution in [-0.2, 0) is 10.0 Å². The maximum atomic E-state index is 11.8. The van der Waals surface area contributed by atoms with Crippen LogP contribution < -0.4 is 15.4 Å². The van der Waals surface area contributed by atoms with Crippen LogP contribution in [0.3, 0.4) is 0 Å². The maximum absolute atomic E-state index is 11.8. The van der Waals surface area contributed by atoms with Crippen LogP contribution in [-0.4, -0.2) is 30.5 Å². The summed E-state index contributed by atoms with van der Waals surface area (Å²) in [5.74, 6) is 0.549. The molecule has 0 aliphatic heterocycles. The summed E-state index contributed by atoms with van der Waals surface area (Å²) in [6.45, 7) is 0. The average molecular weight is 355 g/mol. The van der Waals surface area contributed by atoms with Gasteiger partial charge in [-0.2, -0.15) is 0 Å². The standard InChI is InChI=1S/C13H11ClN4O4S/c1-22-9-5-7(14)10(23(15,20)21)4-6(9)12-17-8-2-3-16-13(19)11(8)18-12/h2-5H,1H3,(H,16,19)(H,17,18)(H2,15,20,21). The summed E-state index contributed by atoms with van der Waals surface area (Å²) < 4.78 is 28.5. The number of nitrogens with two attached hydrogens (primary N) is 1. The number of nitrogens with one attached hydrogen (secondary N) is 2. The number of rotatable bonds is 3. The van der Waals surface area contributed by atoms with Crippen molar-refractivity contribution >= 4 is 32.7 Å². The van der Waals surface area contributed by atoms with Crippen LogP contribution in [0.4, 0.5) is 0 Å². The number of aromatic nitrogens is 3. The molecule has 2 heterocycles. The lowest BCUT2D eigenvalue weighted by Gasteiger charge is -2.10. The Bertz CT molecular complexity index is 1070. The molecule has 0 unspecified atom stereocenters. The second kappa shape index (κ2) is 5.37. The number of aromatic amines is 2. The number of H-pyrrole nitrogens is 2. The average Bonchev–Trinajstić information content (AvgIpc) is 2.91. The quantitative estimate of drug-likeness (QED) is 0.651. The van der Waals surface area contributed by atoms with E-state index in [4.69, 9.17) is 21.5 Å². The molecule has 0 aliphatic carbocycles. The molecular weight excluding hydrogens is 344 g/mol. The van der Waals surface area contributed by atoms with Gasteiger partial charge in [0.25, 0.3) is 5.56 Å². The molecule has 0 saturated heterocycles. The minimum Gasteiger partial charge on any atom is -0.496 e. The lowest BCUT2D eigenvalue weighted by molar-refractivity contribution is 0.416. The highest BCUT2D eigenvalue weighted by atomic mass is 35.5. The van der Waals surface area contributed by atoms with E-state index in [0.717, 1.165) is 0 Å². The number of nitrogens with zero attached hydrogens (tertiary/aromatic N) is 1. The van der Waals surface area contributed by atoms with E-state index >= 15 is 0 Å². The topological polar surface area (TPSA) is 131 Å². The minimum atomic E-state index is -4.02. The number of imidazole rings is 1. The minimum absolute atomic E-state index is 0.0675. The number of ether oxygens (including phenoxy) is 1. The smallest absolute Gasteiger partial charge is 0.276 e. The van der Waals surface area contributed by atoms with Crippen LogP contribution in [0.5, 0.6) is 5.75 Å². The molecule has 0 saturated carbocycles. The third-order valence-corrected chi connectivity index (χ3v) is 4.60. The first kappa shape index (κ1) is 15.5. The molecule has 3 aromatic rings. The number of halogens is 1. The molecule has 0 radical (unpaired) electrons. The van der Waals surface area contributed by atoms with Crippen molar-refractivity contribution in [1.82, 2.24) is 15.0 Å². The van der Waals surface area contributed by atoms with Gasteiger partial charge in [0.05, 0.1) is 23.2 Å². The third kappa shape index (κ3) is 2.69. The Morgan fingerprint density at radius 2 is 2.09 bits per heavy atom. The van der Waals surface area contributed by atoms with Crippen LogP contribution in [0.15, 0.2) is 34.1 Å². The van der Waals surface area contributed by atoms with Crippen LogP contribution in [0, 0.1) is 0 Å². The number of benzene rings is 1. The normalized spacial score (nSPS) is 11.8. The predicted octanol–water partition coefficient (Wildman–Crippen LogP) is 1.23. The summed E-state index contributed by atoms with van der Waals surface area (Å²) >= 11 is 5.93. The summed E-state index contributed by atoms with van der Waals surface area (Å²) in [7, 11) is -2.62. The lowest BCUT2D eigenvalue weighted by Crippen LogP contribution is -2.13. The van der Waals surface area contributed by atoms with Crippen molar-refractivity contribution in [2.45, 2.75) is 4.90 Å². The van der Waals surface area contributed by atoms with E-state index in [0.29, 0.717) is 11.1 Å². The number of methoxy groups -OCH3 is 1. The van der Waals surface area contributed by atoms with Crippen molar-refractivity contribution in [3.05, 3.63) is 39.8 Å². The number of primary sulfonamides is 1. The van der Waals surface area contributed by atoms with E-state index < -0.39 is 10.0 Å². The van der Waals surface area contributed by atoms with Gasteiger partial charge in [-0.05, 0) is 12.1 Å². The highest BCUT2D eigenvalue weighted by Gasteiger charge is 2.20. The van der Waals surface area contributed by atoms with Crippen molar-refractivity contribution < 1.29 is 13.2 Å². The van der Waals surface area contributed by atoms with Gasteiger partial charge in [0.2, 0.25) is 10.0 Å². The Labute approximate surface area is 135 Å². The van der Waals surface area contributed by atoms with Gasteiger partial charge < -0.3 is 14.7 Å². The molecular formula is C13H11ClN4O4S. The van der Waals surface area contributed by atoms with Gasteiger partial charge in [-0.25, -0.2) is 18.5 Å². The van der Waals surface area contributed by atoms with E-state index in [9.17, 15) is 13.2 Å². The van der Waals surface area contributed by atoms with E-state index in [1.54, 1.807) is 6.07 Å². The lowest BCUT2D eigenvalue weighted by atomic mass is 10.2. The van der Waals surface area contributed by atoms with E-state index in [1.807, 2.05) is 0 Å². The summed E-state index contributed by atoms with van der Waals surface area (Å²) in [4.78, 5) is 21.1. The van der Waals surface area contributed by atoms with Gasteiger partial charge in [0.1, 0.15) is 16.5 Å². The maximum Gasteiger partial charge on any atom is 0.276 e. The Hall–Kier alpha value is -2.36. The highest BCUT2D eigenvalue weighted by molar-refractivity contribution is 7.89. The number of hydrogen-bond donors (Lipinski definition) is 3. The zero-order valence-corrected chi connectivity index (χ0v) is 13.3. The second-order valence-corrected chi connectivity index (χ2v) is 6.62. The first-order chi connectivity index (χ1) is 10.8. The van der Waals surface area contributed by atoms with Crippen molar-refractivity contribution in [2.24, 2.45) is 5.14 Å². The number of pyridine rings is 1.